The molecule has 1 saturated heterocycles. The van der Waals surface area contributed by atoms with E-state index in [4.69, 9.17) is 16.3 Å². The van der Waals surface area contributed by atoms with Crippen molar-refractivity contribution >= 4 is 40.6 Å². The fourth-order valence-corrected chi connectivity index (χ4v) is 3.56. The van der Waals surface area contributed by atoms with Gasteiger partial charge in [0.15, 0.2) is 6.61 Å². The highest BCUT2D eigenvalue weighted by molar-refractivity contribution is 6.30. The number of nitro groups is 1. The Morgan fingerprint density at radius 1 is 1.20 bits per heavy atom. The number of pyridine rings is 1. The van der Waals surface area contributed by atoms with Crippen LogP contribution in [0.15, 0.2) is 36.5 Å². The molecule has 1 fully saturated rings. The minimum absolute atomic E-state index is 0.173. The lowest BCUT2D eigenvalue weighted by Crippen LogP contribution is -2.53. The number of amides is 2. The number of benzene rings is 1. The first-order valence-electron chi connectivity index (χ1n) is 9.28. The number of aromatic nitrogens is 1. The molecular formula is C19H18ClN5O5. The molecule has 3 heterocycles. The van der Waals surface area contributed by atoms with Crippen molar-refractivity contribution in [1.29, 1.82) is 0 Å². The van der Waals surface area contributed by atoms with Crippen molar-refractivity contribution in [1.82, 2.24) is 9.88 Å². The van der Waals surface area contributed by atoms with Gasteiger partial charge >= 0.3 is 0 Å². The van der Waals surface area contributed by atoms with Crippen LogP contribution in [0.1, 0.15) is 0 Å². The van der Waals surface area contributed by atoms with Crippen LogP contribution in [0.3, 0.4) is 0 Å². The number of halogens is 1. The molecule has 4 rings (SSSR count). The Hall–Kier alpha value is -3.40. The minimum atomic E-state index is -0.552. The second kappa shape index (κ2) is 8.15. The van der Waals surface area contributed by atoms with E-state index in [1.807, 2.05) is 6.07 Å². The predicted octanol–water partition coefficient (Wildman–Crippen LogP) is 1.72. The number of carbonyl (C=O) groups is 2. The van der Waals surface area contributed by atoms with Gasteiger partial charge in [-0.3, -0.25) is 24.6 Å². The number of nitro benzene ring substituents is 1. The molecule has 2 aliphatic heterocycles. The summed E-state index contributed by atoms with van der Waals surface area (Å²) in [6.07, 6.45) is 1.58. The molecule has 1 aromatic heterocycles. The highest BCUT2D eigenvalue weighted by Crippen LogP contribution is 2.35. The summed E-state index contributed by atoms with van der Waals surface area (Å²) >= 11 is 5.87. The zero-order valence-electron chi connectivity index (χ0n) is 15.9. The second-order valence-corrected chi connectivity index (χ2v) is 7.32. The van der Waals surface area contributed by atoms with Crippen LogP contribution >= 0.6 is 11.6 Å². The van der Waals surface area contributed by atoms with E-state index in [-0.39, 0.29) is 30.4 Å². The summed E-state index contributed by atoms with van der Waals surface area (Å²) in [6, 6.07) is 7.59. The molecular weight excluding hydrogens is 414 g/mol. The SMILES string of the molecule is O=C(CN1C(=O)COc2ccc([N+](=O)[O-])cc21)N1CCN(c2ccc(Cl)cn2)CC1. The zero-order chi connectivity index (χ0) is 21.3. The van der Waals surface area contributed by atoms with Gasteiger partial charge in [-0.2, -0.15) is 0 Å². The maximum absolute atomic E-state index is 12.8. The highest BCUT2D eigenvalue weighted by atomic mass is 35.5. The van der Waals surface area contributed by atoms with E-state index in [2.05, 4.69) is 9.88 Å². The summed E-state index contributed by atoms with van der Waals surface area (Å²) in [4.78, 5) is 45.0. The van der Waals surface area contributed by atoms with E-state index >= 15 is 0 Å². The quantitative estimate of drug-likeness (QED) is 0.535. The van der Waals surface area contributed by atoms with Crippen LogP contribution in [0.25, 0.3) is 0 Å². The lowest BCUT2D eigenvalue weighted by atomic mass is 10.2. The van der Waals surface area contributed by atoms with Crippen LogP contribution in [0.2, 0.25) is 5.02 Å². The molecule has 156 valence electrons. The summed E-state index contributed by atoms with van der Waals surface area (Å²) in [5.41, 5.74) is 0.0615. The van der Waals surface area contributed by atoms with E-state index in [0.29, 0.717) is 37.0 Å². The van der Waals surface area contributed by atoms with Gasteiger partial charge in [0, 0.05) is 44.5 Å². The Morgan fingerprint density at radius 3 is 2.63 bits per heavy atom. The number of fused-ring (bicyclic) bond motifs is 1. The minimum Gasteiger partial charge on any atom is -0.482 e. The van der Waals surface area contributed by atoms with Gasteiger partial charge in [0.05, 0.1) is 15.6 Å². The van der Waals surface area contributed by atoms with Gasteiger partial charge in [-0.05, 0) is 18.2 Å². The molecule has 30 heavy (non-hydrogen) atoms. The van der Waals surface area contributed by atoms with Crippen LogP contribution in [0.5, 0.6) is 5.75 Å². The number of rotatable bonds is 4. The molecule has 11 heteroatoms. The fourth-order valence-electron chi connectivity index (χ4n) is 3.45. The van der Waals surface area contributed by atoms with Gasteiger partial charge in [0.25, 0.3) is 11.6 Å². The van der Waals surface area contributed by atoms with E-state index < -0.39 is 10.8 Å². The Balaban J connectivity index is 1.43. The third kappa shape index (κ3) is 3.99. The van der Waals surface area contributed by atoms with Crippen LogP contribution in [0, 0.1) is 10.1 Å². The monoisotopic (exact) mass is 431 g/mol. The number of non-ortho nitro benzene ring substituents is 1. The average Bonchev–Trinajstić information content (AvgIpc) is 2.76. The maximum Gasteiger partial charge on any atom is 0.271 e. The molecule has 0 saturated carbocycles. The van der Waals surface area contributed by atoms with Crippen LogP contribution < -0.4 is 14.5 Å². The van der Waals surface area contributed by atoms with E-state index in [9.17, 15) is 19.7 Å². The van der Waals surface area contributed by atoms with E-state index in [0.717, 1.165) is 5.82 Å². The molecule has 0 unspecified atom stereocenters. The van der Waals surface area contributed by atoms with Gasteiger partial charge in [0.2, 0.25) is 5.91 Å². The summed E-state index contributed by atoms with van der Waals surface area (Å²) in [7, 11) is 0. The largest absolute Gasteiger partial charge is 0.482 e. The summed E-state index contributed by atoms with van der Waals surface area (Å²) < 4.78 is 5.34. The lowest BCUT2D eigenvalue weighted by Gasteiger charge is -2.37. The molecule has 1 aromatic carbocycles. The van der Waals surface area contributed by atoms with Gasteiger partial charge in [-0.15, -0.1) is 0 Å². The average molecular weight is 432 g/mol. The molecule has 2 amide bonds. The molecule has 0 N–H and O–H groups in total. The maximum atomic E-state index is 12.8. The van der Waals surface area contributed by atoms with Crippen molar-refractivity contribution < 1.29 is 19.2 Å². The number of hydrogen-bond donors (Lipinski definition) is 0. The Labute approximate surface area is 176 Å². The molecule has 0 radical (unpaired) electrons. The molecule has 0 atom stereocenters. The Morgan fingerprint density at radius 2 is 1.97 bits per heavy atom. The van der Waals surface area contributed by atoms with Gasteiger partial charge in [-0.25, -0.2) is 4.98 Å². The Kier molecular flexibility index (Phi) is 5.40. The third-order valence-electron chi connectivity index (χ3n) is 5.06. The topological polar surface area (TPSA) is 109 Å². The van der Waals surface area contributed by atoms with Crippen LogP contribution in [-0.2, 0) is 9.59 Å². The number of hydrogen-bond acceptors (Lipinski definition) is 7. The van der Waals surface area contributed by atoms with Gasteiger partial charge in [0.1, 0.15) is 18.1 Å². The molecule has 0 bridgehead atoms. The van der Waals surface area contributed by atoms with Crippen LogP contribution in [0.4, 0.5) is 17.2 Å². The first kappa shape index (κ1) is 19.9. The molecule has 0 aliphatic carbocycles. The van der Waals surface area contributed by atoms with Crippen molar-refractivity contribution in [2.45, 2.75) is 0 Å². The number of carbonyl (C=O) groups excluding carboxylic acids is 2. The summed E-state index contributed by atoms with van der Waals surface area (Å²) in [6.45, 7) is 1.73. The third-order valence-corrected chi connectivity index (χ3v) is 5.28. The van der Waals surface area contributed by atoms with Crippen molar-refractivity contribution in [2.24, 2.45) is 0 Å². The van der Waals surface area contributed by atoms with Crippen LogP contribution in [-0.4, -0.2) is 66.0 Å². The van der Waals surface area contributed by atoms with Crippen molar-refractivity contribution in [3.05, 3.63) is 51.7 Å². The second-order valence-electron chi connectivity index (χ2n) is 6.88. The van der Waals surface area contributed by atoms with E-state index in [1.54, 1.807) is 17.2 Å². The van der Waals surface area contributed by atoms with Gasteiger partial charge in [-0.1, -0.05) is 11.6 Å². The molecule has 2 aromatic rings. The lowest BCUT2D eigenvalue weighted by molar-refractivity contribution is -0.384. The number of nitrogens with zero attached hydrogens (tertiary/aromatic N) is 5. The fraction of sp³-hybridized carbons (Fsp3) is 0.316. The number of anilines is 2. The number of piperazine rings is 1. The zero-order valence-corrected chi connectivity index (χ0v) is 16.6. The van der Waals surface area contributed by atoms with Crippen molar-refractivity contribution in [3.63, 3.8) is 0 Å². The normalized spacial score (nSPS) is 16.2. The summed E-state index contributed by atoms with van der Waals surface area (Å²) in [5.74, 6) is 0.481. The predicted molar refractivity (Wildman–Crippen MR) is 109 cm³/mol. The van der Waals surface area contributed by atoms with Gasteiger partial charge < -0.3 is 14.5 Å². The first-order chi connectivity index (χ1) is 14.4. The standard InChI is InChI=1S/C19H18ClN5O5/c20-13-1-4-17(21-10-13)22-5-7-23(8-6-22)18(26)11-24-15-9-14(25(28)29)2-3-16(15)30-12-19(24)27/h1-4,9-10H,5-8,11-12H2. The Bertz CT molecular complexity index is 991. The highest BCUT2D eigenvalue weighted by Gasteiger charge is 2.31. The smallest absolute Gasteiger partial charge is 0.271 e. The number of ether oxygens (including phenoxy) is 1. The molecule has 2 aliphatic rings. The van der Waals surface area contributed by atoms with Crippen molar-refractivity contribution in [2.75, 3.05) is 49.1 Å². The summed E-state index contributed by atoms with van der Waals surface area (Å²) in [5, 5.41) is 11.6. The molecule has 10 nitrogen and oxygen atoms in total. The van der Waals surface area contributed by atoms with E-state index in [1.165, 1.54) is 23.1 Å². The first-order valence-corrected chi connectivity index (χ1v) is 9.66. The molecule has 0 spiro atoms. The van der Waals surface area contributed by atoms with Crippen molar-refractivity contribution in [3.8, 4) is 5.75 Å².